The number of benzene rings is 2. The number of nitro groups is 1. The van der Waals surface area contributed by atoms with Crippen molar-refractivity contribution in [2.75, 3.05) is 13.7 Å². The number of aromatic nitrogens is 1. The summed E-state index contributed by atoms with van der Waals surface area (Å²) in [6.45, 7) is 5.30. The normalized spacial score (nSPS) is 15.3. The fourth-order valence-corrected chi connectivity index (χ4v) is 4.79. The van der Waals surface area contributed by atoms with Crippen molar-refractivity contribution in [2.45, 2.75) is 13.0 Å². The minimum atomic E-state index is -0.756. The third kappa shape index (κ3) is 4.69. The van der Waals surface area contributed by atoms with Gasteiger partial charge in [-0.3, -0.25) is 19.5 Å². The monoisotopic (exact) mass is 491 g/mol. The molecule has 1 unspecified atom stereocenters. The summed E-state index contributed by atoms with van der Waals surface area (Å²) >= 11 is 1.18. The van der Waals surface area contributed by atoms with E-state index in [0.29, 0.717) is 31.9 Å². The van der Waals surface area contributed by atoms with Crippen LogP contribution in [0.3, 0.4) is 0 Å². The Morgan fingerprint density at radius 2 is 1.91 bits per heavy atom. The van der Waals surface area contributed by atoms with Crippen molar-refractivity contribution in [3.05, 3.63) is 113 Å². The molecule has 10 heteroatoms. The summed E-state index contributed by atoms with van der Waals surface area (Å²) < 4.78 is 12.4. The molecule has 0 saturated heterocycles. The SMILES string of the molecule is C=CCOC(=O)C1=C(C)N=c2s/c(=C/c3ccc([N+](=O)[O-])cc3)c(=O)n2C1c1ccc(OC)cc1. The lowest BCUT2D eigenvalue weighted by atomic mass is 9.96. The molecular formula is C25H21N3O6S. The molecule has 178 valence electrons. The number of ether oxygens (including phenoxy) is 2. The van der Waals surface area contributed by atoms with Gasteiger partial charge in [-0.1, -0.05) is 36.1 Å². The van der Waals surface area contributed by atoms with Gasteiger partial charge in [0.25, 0.3) is 11.2 Å². The van der Waals surface area contributed by atoms with E-state index < -0.39 is 16.9 Å². The molecule has 1 atom stereocenters. The van der Waals surface area contributed by atoms with Crippen molar-refractivity contribution in [3.63, 3.8) is 0 Å². The quantitative estimate of drug-likeness (QED) is 0.217. The number of non-ortho nitro benzene ring substituents is 1. The van der Waals surface area contributed by atoms with Crippen LogP contribution in [-0.2, 0) is 9.53 Å². The molecular weight excluding hydrogens is 470 g/mol. The molecule has 0 fully saturated rings. The average molecular weight is 492 g/mol. The lowest BCUT2D eigenvalue weighted by Gasteiger charge is -2.24. The predicted molar refractivity (Wildman–Crippen MR) is 131 cm³/mol. The molecule has 2 aromatic carbocycles. The van der Waals surface area contributed by atoms with E-state index in [-0.39, 0.29) is 23.4 Å². The molecule has 0 N–H and O–H groups in total. The number of carbonyl (C=O) groups excluding carboxylic acids is 1. The van der Waals surface area contributed by atoms with Gasteiger partial charge in [0, 0.05) is 12.1 Å². The number of esters is 1. The second kappa shape index (κ2) is 9.90. The number of hydrogen-bond donors (Lipinski definition) is 0. The van der Waals surface area contributed by atoms with Gasteiger partial charge in [-0.2, -0.15) is 0 Å². The number of rotatable bonds is 7. The maximum Gasteiger partial charge on any atom is 0.338 e. The first-order chi connectivity index (χ1) is 16.8. The Kier molecular flexibility index (Phi) is 6.74. The summed E-state index contributed by atoms with van der Waals surface area (Å²) in [6, 6.07) is 12.2. The second-order valence-corrected chi connectivity index (χ2v) is 8.60. The fraction of sp³-hybridized carbons (Fsp3) is 0.160. The zero-order chi connectivity index (χ0) is 25.1. The van der Waals surface area contributed by atoms with Gasteiger partial charge in [-0.25, -0.2) is 9.79 Å². The van der Waals surface area contributed by atoms with E-state index in [1.165, 1.54) is 34.1 Å². The lowest BCUT2D eigenvalue weighted by molar-refractivity contribution is -0.384. The van der Waals surface area contributed by atoms with Gasteiger partial charge in [0.2, 0.25) is 0 Å². The van der Waals surface area contributed by atoms with Crippen LogP contribution in [0.4, 0.5) is 5.69 Å². The lowest BCUT2D eigenvalue weighted by Crippen LogP contribution is -2.39. The zero-order valence-corrected chi connectivity index (χ0v) is 19.8. The van der Waals surface area contributed by atoms with Crippen LogP contribution in [0.5, 0.6) is 5.75 Å². The molecule has 2 heterocycles. The summed E-state index contributed by atoms with van der Waals surface area (Å²) in [5.41, 5.74) is 1.64. The molecule has 3 aromatic rings. The van der Waals surface area contributed by atoms with E-state index in [1.54, 1.807) is 56.5 Å². The number of fused-ring (bicyclic) bond motifs is 1. The number of thiazole rings is 1. The van der Waals surface area contributed by atoms with E-state index in [9.17, 15) is 19.7 Å². The maximum absolute atomic E-state index is 13.5. The summed E-state index contributed by atoms with van der Waals surface area (Å²) in [4.78, 5) is 41.9. The average Bonchev–Trinajstić information content (AvgIpc) is 3.16. The van der Waals surface area contributed by atoms with E-state index >= 15 is 0 Å². The minimum Gasteiger partial charge on any atom is -0.497 e. The van der Waals surface area contributed by atoms with Crippen molar-refractivity contribution in [3.8, 4) is 5.75 Å². The smallest absolute Gasteiger partial charge is 0.338 e. The van der Waals surface area contributed by atoms with Gasteiger partial charge in [-0.15, -0.1) is 0 Å². The number of nitro benzene ring substituents is 1. The van der Waals surface area contributed by atoms with Gasteiger partial charge in [0.05, 0.1) is 33.9 Å². The molecule has 4 rings (SSSR count). The second-order valence-electron chi connectivity index (χ2n) is 7.59. The van der Waals surface area contributed by atoms with Crippen molar-refractivity contribution < 1.29 is 19.2 Å². The van der Waals surface area contributed by atoms with Crippen LogP contribution in [0.15, 0.2) is 82.2 Å². The Hall–Kier alpha value is -4.31. The van der Waals surface area contributed by atoms with E-state index in [4.69, 9.17) is 9.47 Å². The highest BCUT2D eigenvalue weighted by atomic mass is 32.1. The third-order valence-corrected chi connectivity index (χ3v) is 6.39. The van der Waals surface area contributed by atoms with Crippen LogP contribution in [-0.4, -0.2) is 29.2 Å². The summed E-state index contributed by atoms with van der Waals surface area (Å²) in [6.07, 6.45) is 3.11. The van der Waals surface area contributed by atoms with Gasteiger partial charge in [0.1, 0.15) is 12.4 Å². The van der Waals surface area contributed by atoms with Crippen LogP contribution in [0, 0.1) is 10.1 Å². The van der Waals surface area contributed by atoms with Crippen molar-refractivity contribution in [1.29, 1.82) is 0 Å². The topological polar surface area (TPSA) is 113 Å². The Morgan fingerprint density at radius 3 is 2.51 bits per heavy atom. The Bertz CT molecular complexity index is 1520. The Morgan fingerprint density at radius 1 is 1.23 bits per heavy atom. The molecule has 0 bridgehead atoms. The number of methoxy groups -OCH3 is 1. The molecule has 1 aliphatic heterocycles. The van der Waals surface area contributed by atoms with E-state index in [0.717, 1.165) is 0 Å². The van der Waals surface area contributed by atoms with Crippen molar-refractivity contribution in [1.82, 2.24) is 4.57 Å². The molecule has 35 heavy (non-hydrogen) atoms. The summed E-state index contributed by atoms with van der Waals surface area (Å²) in [5, 5.41) is 10.9. The van der Waals surface area contributed by atoms with E-state index in [2.05, 4.69) is 11.6 Å². The van der Waals surface area contributed by atoms with Crippen molar-refractivity contribution >= 4 is 29.1 Å². The van der Waals surface area contributed by atoms with Crippen LogP contribution in [0.2, 0.25) is 0 Å². The highest BCUT2D eigenvalue weighted by molar-refractivity contribution is 7.07. The molecule has 0 saturated carbocycles. The highest BCUT2D eigenvalue weighted by Gasteiger charge is 2.33. The molecule has 0 amide bonds. The van der Waals surface area contributed by atoms with Crippen LogP contribution in [0.25, 0.3) is 6.08 Å². The molecule has 9 nitrogen and oxygen atoms in total. The highest BCUT2D eigenvalue weighted by Crippen LogP contribution is 2.31. The standard InChI is InChI=1S/C25H21N3O6S/c1-4-13-34-24(30)21-15(2)26-25-27(22(21)17-7-11-19(33-3)12-8-17)23(29)20(35-25)14-16-5-9-18(10-6-16)28(31)32/h4-12,14,22H,1,13H2,2-3H3/b20-14+. The first kappa shape index (κ1) is 23.8. The van der Waals surface area contributed by atoms with Crippen LogP contribution < -0.4 is 19.6 Å². The summed E-state index contributed by atoms with van der Waals surface area (Å²) in [7, 11) is 1.55. The fourth-order valence-electron chi connectivity index (χ4n) is 3.74. The largest absolute Gasteiger partial charge is 0.497 e. The Balaban J connectivity index is 1.88. The van der Waals surface area contributed by atoms with Crippen LogP contribution >= 0.6 is 11.3 Å². The third-order valence-electron chi connectivity index (χ3n) is 5.41. The minimum absolute atomic E-state index is 0.0233. The number of carbonyl (C=O) groups is 1. The molecule has 1 aliphatic rings. The van der Waals surface area contributed by atoms with Gasteiger partial charge in [0.15, 0.2) is 4.80 Å². The molecule has 0 spiro atoms. The first-order valence-electron chi connectivity index (χ1n) is 10.5. The number of nitrogens with zero attached hydrogens (tertiary/aromatic N) is 3. The van der Waals surface area contributed by atoms with Gasteiger partial charge in [-0.05, 0) is 48.4 Å². The Labute approximate surface area is 203 Å². The number of allylic oxidation sites excluding steroid dienone is 1. The maximum atomic E-state index is 13.5. The molecule has 1 aromatic heterocycles. The van der Waals surface area contributed by atoms with E-state index in [1.807, 2.05) is 0 Å². The first-order valence-corrected chi connectivity index (χ1v) is 11.3. The van der Waals surface area contributed by atoms with Crippen molar-refractivity contribution in [2.24, 2.45) is 4.99 Å². The molecule has 0 aliphatic carbocycles. The van der Waals surface area contributed by atoms with Gasteiger partial charge >= 0.3 is 5.97 Å². The zero-order valence-electron chi connectivity index (χ0n) is 19.0. The number of hydrogen-bond acceptors (Lipinski definition) is 8. The summed E-state index contributed by atoms with van der Waals surface area (Å²) in [5.74, 6) is 0.0485. The van der Waals surface area contributed by atoms with Gasteiger partial charge < -0.3 is 9.47 Å². The molecule has 0 radical (unpaired) electrons. The van der Waals surface area contributed by atoms with Crippen LogP contribution in [0.1, 0.15) is 24.1 Å². The predicted octanol–water partition coefficient (Wildman–Crippen LogP) is 2.88.